The van der Waals surface area contributed by atoms with E-state index in [0.29, 0.717) is 13.0 Å². The van der Waals surface area contributed by atoms with E-state index in [1.165, 1.54) is 6.66 Å². The van der Waals surface area contributed by atoms with E-state index in [-0.39, 0.29) is 13.0 Å². The van der Waals surface area contributed by atoms with Gasteiger partial charge < -0.3 is 14.2 Å². The smallest absolute Gasteiger partial charge is 0.327 e. The highest BCUT2D eigenvalue weighted by Gasteiger charge is 2.15. The number of carboxylic acid groups (broad SMARTS) is 1. The Kier molecular flexibility index (Phi) is 5.95. The van der Waals surface area contributed by atoms with E-state index in [2.05, 4.69) is 0 Å². The highest BCUT2D eigenvalue weighted by Crippen LogP contribution is 2.43. The fraction of sp³-hybridized carbons (Fsp3) is 0.857. The second-order valence-electron chi connectivity index (χ2n) is 2.52. The van der Waals surface area contributed by atoms with Crippen molar-refractivity contribution in [1.29, 1.82) is 0 Å². The van der Waals surface area contributed by atoms with Crippen LogP contribution in [0.3, 0.4) is 0 Å². The largest absolute Gasteiger partial charge is 0.481 e. The summed E-state index contributed by atoms with van der Waals surface area (Å²) in [6.07, 6.45) is 0.367. The van der Waals surface area contributed by atoms with Crippen molar-refractivity contribution in [2.24, 2.45) is 0 Å². The topological polar surface area (TPSA) is 72.8 Å². The van der Waals surface area contributed by atoms with E-state index in [1.807, 2.05) is 0 Å². The summed E-state index contributed by atoms with van der Waals surface area (Å²) in [7, 11) is -2.95. The average molecular weight is 210 g/mol. The zero-order valence-corrected chi connectivity index (χ0v) is 8.75. The first-order valence-electron chi connectivity index (χ1n) is 4.06. The fourth-order valence-corrected chi connectivity index (χ4v) is 1.73. The molecule has 0 aliphatic rings. The predicted octanol–water partition coefficient (Wildman–Crippen LogP) is 1.73. The van der Waals surface area contributed by atoms with Crippen LogP contribution in [-0.2, 0) is 18.4 Å². The van der Waals surface area contributed by atoms with E-state index in [1.54, 1.807) is 6.92 Å². The lowest BCUT2D eigenvalue weighted by Crippen LogP contribution is -2.00. The zero-order valence-electron chi connectivity index (χ0n) is 7.86. The third-order valence-corrected chi connectivity index (χ3v) is 2.60. The van der Waals surface area contributed by atoms with Crippen LogP contribution < -0.4 is 0 Å². The van der Waals surface area contributed by atoms with Crippen LogP contribution in [0.15, 0.2) is 0 Å². The van der Waals surface area contributed by atoms with E-state index in [0.717, 1.165) is 0 Å². The molecular weight excluding hydrogens is 195 g/mol. The summed E-state index contributed by atoms with van der Waals surface area (Å²) in [5.74, 6) is -0.883. The van der Waals surface area contributed by atoms with Crippen LogP contribution in [0.1, 0.15) is 19.8 Å². The molecule has 0 radical (unpaired) electrons. The quantitative estimate of drug-likeness (QED) is 0.511. The van der Waals surface area contributed by atoms with Crippen LogP contribution in [-0.4, -0.2) is 31.0 Å². The summed E-state index contributed by atoms with van der Waals surface area (Å²) in [5.41, 5.74) is 0. The maximum Gasteiger partial charge on any atom is 0.327 e. The van der Waals surface area contributed by atoms with E-state index >= 15 is 0 Å². The summed E-state index contributed by atoms with van der Waals surface area (Å²) in [6, 6.07) is 0. The maximum absolute atomic E-state index is 11.3. The molecule has 0 aromatic rings. The van der Waals surface area contributed by atoms with Crippen molar-refractivity contribution in [3.8, 4) is 0 Å². The minimum Gasteiger partial charge on any atom is -0.481 e. The molecule has 1 atom stereocenters. The molecule has 6 heteroatoms. The Bertz CT molecular complexity index is 203. The van der Waals surface area contributed by atoms with Crippen LogP contribution in [0.2, 0.25) is 0 Å². The number of aliphatic carboxylic acids is 1. The lowest BCUT2D eigenvalue weighted by Gasteiger charge is -2.11. The van der Waals surface area contributed by atoms with Gasteiger partial charge in [0.25, 0.3) is 0 Å². The number of hydrogen-bond donors (Lipinski definition) is 1. The number of rotatable bonds is 7. The zero-order chi connectivity index (χ0) is 10.3. The minimum absolute atomic E-state index is 0.0200. The molecule has 0 spiro atoms. The van der Waals surface area contributed by atoms with Gasteiger partial charge in [-0.1, -0.05) is 0 Å². The number of carbonyl (C=O) groups is 1. The van der Waals surface area contributed by atoms with E-state index in [9.17, 15) is 9.36 Å². The summed E-state index contributed by atoms with van der Waals surface area (Å²) in [6.45, 7) is 3.57. The first-order chi connectivity index (χ1) is 5.98. The average Bonchev–Trinajstić information content (AvgIpc) is 1.98. The first-order valence-corrected chi connectivity index (χ1v) is 6.05. The molecule has 1 unspecified atom stereocenters. The number of hydrogen-bond acceptors (Lipinski definition) is 4. The third kappa shape index (κ3) is 7.96. The van der Waals surface area contributed by atoms with Gasteiger partial charge in [-0.25, -0.2) is 0 Å². The molecule has 0 amide bonds. The Morgan fingerprint density at radius 3 is 2.54 bits per heavy atom. The molecular formula is C7H15O5P. The van der Waals surface area contributed by atoms with Crippen LogP contribution in [0.25, 0.3) is 0 Å². The molecule has 5 nitrogen and oxygen atoms in total. The fourth-order valence-electron chi connectivity index (χ4n) is 0.726. The monoisotopic (exact) mass is 210 g/mol. The Morgan fingerprint density at radius 2 is 2.08 bits per heavy atom. The molecule has 0 aliphatic heterocycles. The molecule has 0 aliphatic carbocycles. The van der Waals surface area contributed by atoms with Gasteiger partial charge in [-0.15, -0.1) is 0 Å². The molecule has 0 saturated heterocycles. The minimum atomic E-state index is -2.95. The molecule has 78 valence electrons. The lowest BCUT2D eigenvalue weighted by atomic mass is 10.3. The van der Waals surface area contributed by atoms with Gasteiger partial charge in [-0.05, 0) is 13.3 Å². The summed E-state index contributed by atoms with van der Waals surface area (Å²) in [4.78, 5) is 10.1. The van der Waals surface area contributed by atoms with E-state index in [4.69, 9.17) is 14.2 Å². The van der Waals surface area contributed by atoms with Gasteiger partial charge in [0.05, 0.1) is 13.2 Å². The Hall–Kier alpha value is -0.380. The summed E-state index contributed by atoms with van der Waals surface area (Å²) in [5, 5.41) is 8.29. The van der Waals surface area contributed by atoms with Gasteiger partial charge in [-0.2, -0.15) is 0 Å². The van der Waals surface area contributed by atoms with Crippen LogP contribution in [0.5, 0.6) is 0 Å². The number of carboxylic acids is 1. The molecule has 0 bridgehead atoms. The second-order valence-corrected chi connectivity index (χ2v) is 4.58. The predicted molar refractivity (Wildman–Crippen MR) is 48.0 cm³/mol. The maximum atomic E-state index is 11.3. The Morgan fingerprint density at radius 1 is 1.46 bits per heavy atom. The molecule has 13 heavy (non-hydrogen) atoms. The summed E-state index contributed by atoms with van der Waals surface area (Å²) < 4.78 is 21.0. The van der Waals surface area contributed by atoms with Crippen LogP contribution in [0, 0.1) is 0 Å². The Labute approximate surface area is 77.6 Å². The van der Waals surface area contributed by atoms with Crippen molar-refractivity contribution in [3.63, 3.8) is 0 Å². The van der Waals surface area contributed by atoms with E-state index < -0.39 is 13.6 Å². The Balaban J connectivity index is 3.52. The van der Waals surface area contributed by atoms with Gasteiger partial charge in [0.1, 0.15) is 0 Å². The lowest BCUT2D eigenvalue weighted by molar-refractivity contribution is -0.137. The van der Waals surface area contributed by atoms with Crippen molar-refractivity contribution < 1.29 is 23.5 Å². The summed E-state index contributed by atoms with van der Waals surface area (Å²) >= 11 is 0. The van der Waals surface area contributed by atoms with Gasteiger partial charge in [0.2, 0.25) is 0 Å². The van der Waals surface area contributed by atoms with Gasteiger partial charge in [-0.3, -0.25) is 9.36 Å². The molecule has 0 saturated carbocycles. The van der Waals surface area contributed by atoms with Gasteiger partial charge in [0.15, 0.2) is 0 Å². The highest BCUT2D eigenvalue weighted by atomic mass is 31.2. The standard InChI is InChI=1S/C7H15O5P/c1-3-11-13(2,10)12-6-4-5-7(8)9/h3-6H2,1-2H3,(H,8,9). The first kappa shape index (κ1) is 12.6. The molecule has 0 fully saturated rings. The second kappa shape index (κ2) is 6.13. The molecule has 1 N–H and O–H groups in total. The molecule has 0 aromatic heterocycles. The highest BCUT2D eigenvalue weighted by molar-refractivity contribution is 7.52. The van der Waals surface area contributed by atoms with Crippen molar-refractivity contribution in [2.75, 3.05) is 19.9 Å². The molecule has 0 rings (SSSR count). The van der Waals surface area contributed by atoms with Gasteiger partial charge >= 0.3 is 13.6 Å². The van der Waals surface area contributed by atoms with Gasteiger partial charge in [0, 0.05) is 13.1 Å². The third-order valence-electron chi connectivity index (χ3n) is 1.22. The van der Waals surface area contributed by atoms with Crippen molar-refractivity contribution in [2.45, 2.75) is 19.8 Å². The normalized spacial score (nSPS) is 15.2. The van der Waals surface area contributed by atoms with Crippen LogP contribution >= 0.6 is 7.60 Å². The molecule has 0 aromatic carbocycles. The van der Waals surface area contributed by atoms with Crippen molar-refractivity contribution in [3.05, 3.63) is 0 Å². The SMILES string of the molecule is CCOP(C)(=O)OCCCC(=O)O. The molecule has 0 heterocycles. The van der Waals surface area contributed by atoms with Crippen molar-refractivity contribution in [1.82, 2.24) is 0 Å². The van der Waals surface area contributed by atoms with Crippen molar-refractivity contribution >= 4 is 13.6 Å². The van der Waals surface area contributed by atoms with Crippen LogP contribution in [0.4, 0.5) is 0 Å².